The lowest BCUT2D eigenvalue weighted by atomic mass is 9.90. The predicted molar refractivity (Wildman–Crippen MR) is 68.9 cm³/mol. The number of phenolic OH excluding ortho intramolecular Hbond substituents is 1. The van der Waals surface area contributed by atoms with Gasteiger partial charge in [-0.15, -0.1) is 0 Å². The van der Waals surface area contributed by atoms with Crippen molar-refractivity contribution in [3.8, 4) is 5.75 Å². The van der Waals surface area contributed by atoms with Crippen LogP contribution in [0.15, 0.2) is 17.0 Å². The molecule has 0 amide bonds. The summed E-state index contributed by atoms with van der Waals surface area (Å²) in [4.78, 5) is 10.3. The zero-order valence-corrected chi connectivity index (χ0v) is 11.7. The summed E-state index contributed by atoms with van der Waals surface area (Å²) in [6, 6.07) is 1.80. The van der Waals surface area contributed by atoms with Crippen LogP contribution < -0.4 is 0 Å². The third-order valence-electron chi connectivity index (χ3n) is 3.47. The standard InChI is InChI=1S/C13H15FO5S/c1-20(18,19)12-6-11(15)9(4-10(12)14)8(5-13(16)17)7-2-3-7/h4,6-8,15H,2-3,5H2,1H3,(H,16,17). The zero-order chi connectivity index (χ0) is 15.1. The average molecular weight is 302 g/mol. The van der Waals surface area contributed by atoms with Crippen molar-refractivity contribution >= 4 is 15.8 Å². The summed E-state index contributed by atoms with van der Waals surface area (Å²) < 4.78 is 36.6. The number of carbonyl (C=O) groups is 1. The highest BCUT2D eigenvalue weighted by molar-refractivity contribution is 7.90. The summed E-state index contributed by atoms with van der Waals surface area (Å²) in [6.07, 6.45) is 2.29. The zero-order valence-electron chi connectivity index (χ0n) is 10.8. The molecule has 2 rings (SSSR count). The molecule has 1 aliphatic rings. The van der Waals surface area contributed by atoms with Crippen molar-refractivity contribution in [3.05, 3.63) is 23.5 Å². The SMILES string of the molecule is CS(=O)(=O)c1cc(O)c(C(CC(=O)O)C2CC2)cc1F. The maximum absolute atomic E-state index is 13.9. The van der Waals surface area contributed by atoms with E-state index in [2.05, 4.69) is 0 Å². The van der Waals surface area contributed by atoms with E-state index < -0.39 is 32.4 Å². The molecule has 1 aliphatic carbocycles. The smallest absolute Gasteiger partial charge is 0.303 e. The number of halogens is 1. The van der Waals surface area contributed by atoms with Gasteiger partial charge in [0.25, 0.3) is 0 Å². The molecule has 2 N–H and O–H groups in total. The van der Waals surface area contributed by atoms with Crippen molar-refractivity contribution < 1.29 is 27.8 Å². The van der Waals surface area contributed by atoms with Crippen molar-refractivity contribution in [1.82, 2.24) is 0 Å². The molecule has 1 aromatic carbocycles. The van der Waals surface area contributed by atoms with Gasteiger partial charge in [-0.25, -0.2) is 12.8 Å². The van der Waals surface area contributed by atoms with Gasteiger partial charge in [-0.1, -0.05) is 0 Å². The molecule has 20 heavy (non-hydrogen) atoms. The van der Waals surface area contributed by atoms with Crippen molar-refractivity contribution in [2.45, 2.75) is 30.1 Å². The molecule has 110 valence electrons. The number of hydrogen-bond acceptors (Lipinski definition) is 4. The van der Waals surface area contributed by atoms with E-state index in [1.165, 1.54) is 0 Å². The minimum Gasteiger partial charge on any atom is -0.508 e. The molecule has 0 spiro atoms. The molecule has 1 fully saturated rings. The van der Waals surface area contributed by atoms with Crippen LogP contribution in [0.2, 0.25) is 0 Å². The second kappa shape index (κ2) is 5.05. The molecule has 7 heteroatoms. The van der Waals surface area contributed by atoms with Gasteiger partial charge in [0.2, 0.25) is 0 Å². The van der Waals surface area contributed by atoms with Gasteiger partial charge in [-0.05, 0) is 24.8 Å². The molecule has 5 nitrogen and oxygen atoms in total. The van der Waals surface area contributed by atoms with E-state index in [1.54, 1.807) is 0 Å². The summed E-state index contributed by atoms with van der Waals surface area (Å²) in [5.41, 5.74) is 0.166. The Morgan fingerprint density at radius 2 is 2.05 bits per heavy atom. The lowest BCUT2D eigenvalue weighted by Gasteiger charge is -2.17. The Morgan fingerprint density at radius 1 is 1.45 bits per heavy atom. The molecule has 0 bridgehead atoms. The number of sulfone groups is 1. The third-order valence-corrected chi connectivity index (χ3v) is 4.58. The lowest BCUT2D eigenvalue weighted by molar-refractivity contribution is -0.137. The topological polar surface area (TPSA) is 91.7 Å². The van der Waals surface area contributed by atoms with Gasteiger partial charge < -0.3 is 10.2 Å². The van der Waals surface area contributed by atoms with Crippen LogP contribution in [0.25, 0.3) is 0 Å². The number of hydrogen-bond donors (Lipinski definition) is 2. The minimum atomic E-state index is -3.78. The van der Waals surface area contributed by atoms with Gasteiger partial charge in [-0.3, -0.25) is 4.79 Å². The Kier molecular flexibility index (Phi) is 3.73. The highest BCUT2D eigenvalue weighted by Crippen LogP contribution is 2.47. The van der Waals surface area contributed by atoms with Crippen LogP contribution in [0, 0.1) is 11.7 Å². The van der Waals surface area contributed by atoms with Crippen LogP contribution in [0.4, 0.5) is 4.39 Å². The van der Waals surface area contributed by atoms with Gasteiger partial charge in [0.1, 0.15) is 16.5 Å². The predicted octanol–water partition coefficient (Wildman–Crippen LogP) is 1.90. The van der Waals surface area contributed by atoms with Crippen LogP contribution in [0.5, 0.6) is 5.75 Å². The number of phenols is 1. The van der Waals surface area contributed by atoms with Crippen LogP contribution in [0.3, 0.4) is 0 Å². The van der Waals surface area contributed by atoms with Crippen LogP contribution in [0.1, 0.15) is 30.7 Å². The van der Waals surface area contributed by atoms with Gasteiger partial charge in [0, 0.05) is 23.8 Å². The van der Waals surface area contributed by atoms with E-state index in [9.17, 15) is 22.7 Å². The largest absolute Gasteiger partial charge is 0.508 e. The molecule has 1 aromatic rings. The first-order valence-corrected chi connectivity index (χ1v) is 8.03. The molecule has 0 heterocycles. The van der Waals surface area contributed by atoms with Crippen LogP contribution >= 0.6 is 0 Å². The second-order valence-corrected chi connectivity index (χ2v) is 7.14. The molecule has 0 saturated heterocycles. The third kappa shape index (κ3) is 3.09. The molecule has 1 atom stereocenters. The molecular weight excluding hydrogens is 287 g/mol. The monoisotopic (exact) mass is 302 g/mol. The average Bonchev–Trinajstić information content (AvgIpc) is 3.11. The summed E-state index contributed by atoms with van der Waals surface area (Å²) in [6.45, 7) is 0. The molecule has 0 radical (unpaired) electrons. The highest BCUT2D eigenvalue weighted by Gasteiger charge is 2.36. The van der Waals surface area contributed by atoms with Crippen molar-refractivity contribution in [2.24, 2.45) is 5.92 Å². The van der Waals surface area contributed by atoms with Gasteiger partial charge in [0.15, 0.2) is 9.84 Å². The number of aromatic hydroxyl groups is 1. The van der Waals surface area contributed by atoms with E-state index in [1.807, 2.05) is 0 Å². The van der Waals surface area contributed by atoms with E-state index in [-0.39, 0.29) is 23.7 Å². The number of benzene rings is 1. The minimum absolute atomic E-state index is 0.0977. The Morgan fingerprint density at radius 3 is 2.50 bits per heavy atom. The quantitative estimate of drug-likeness (QED) is 0.866. The van der Waals surface area contributed by atoms with Crippen LogP contribution in [-0.4, -0.2) is 30.9 Å². The Bertz CT molecular complexity index is 649. The molecule has 1 unspecified atom stereocenters. The Hall–Kier alpha value is -1.63. The van der Waals surface area contributed by atoms with E-state index in [0.717, 1.165) is 31.2 Å². The fourth-order valence-electron chi connectivity index (χ4n) is 2.36. The summed E-state index contributed by atoms with van der Waals surface area (Å²) >= 11 is 0. The maximum atomic E-state index is 13.9. The fraction of sp³-hybridized carbons (Fsp3) is 0.462. The van der Waals surface area contributed by atoms with E-state index in [0.29, 0.717) is 0 Å². The van der Waals surface area contributed by atoms with Crippen molar-refractivity contribution in [1.29, 1.82) is 0 Å². The van der Waals surface area contributed by atoms with E-state index >= 15 is 0 Å². The van der Waals surface area contributed by atoms with Crippen molar-refractivity contribution in [2.75, 3.05) is 6.26 Å². The van der Waals surface area contributed by atoms with Gasteiger partial charge >= 0.3 is 5.97 Å². The number of rotatable bonds is 5. The first-order chi connectivity index (χ1) is 9.20. The number of carboxylic acids is 1. The lowest BCUT2D eigenvalue weighted by Crippen LogP contribution is -2.10. The first-order valence-electron chi connectivity index (χ1n) is 6.14. The van der Waals surface area contributed by atoms with Gasteiger partial charge in [-0.2, -0.15) is 0 Å². The molecular formula is C13H15FO5S. The van der Waals surface area contributed by atoms with Gasteiger partial charge in [0.05, 0.1) is 6.42 Å². The maximum Gasteiger partial charge on any atom is 0.303 e. The number of aliphatic carboxylic acids is 1. The second-order valence-electron chi connectivity index (χ2n) is 5.16. The van der Waals surface area contributed by atoms with Crippen LogP contribution in [-0.2, 0) is 14.6 Å². The fourth-order valence-corrected chi connectivity index (χ4v) is 3.10. The Balaban J connectivity index is 2.46. The summed E-state index contributed by atoms with van der Waals surface area (Å²) in [7, 11) is -3.78. The highest BCUT2D eigenvalue weighted by atomic mass is 32.2. The molecule has 1 saturated carbocycles. The molecule has 0 aromatic heterocycles. The first kappa shape index (κ1) is 14.8. The summed E-state index contributed by atoms with van der Waals surface area (Å²) in [5.74, 6) is -2.76. The number of carboxylic acid groups (broad SMARTS) is 1. The van der Waals surface area contributed by atoms with E-state index in [4.69, 9.17) is 5.11 Å². The Labute approximate surface area is 116 Å². The normalized spacial score (nSPS) is 16.9. The summed E-state index contributed by atoms with van der Waals surface area (Å²) in [5, 5.41) is 18.8. The van der Waals surface area contributed by atoms with Crippen molar-refractivity contribution in [3.63, 3.8) is 0 Å². The molecule has 0 aliphatic heterocycles.